The van der Waals surface area contributed by atoms with Gasteiger partial charge < -0.3 is 10.1 Å². The molecular formula is C17H28N2O. The Morgan fingerprint density at radius 1 is 1.30 bits per heavy atom. The minimum atomic E-state index is 0.676. The molecule has 1 aromatic rings. The van der Waals surface area contributed by atoms with Crippen LogP contribution in [0.2, 0.25) is 0 Å². The number of benzene rings is 1. The standard InChI is InChI=1S/C17H28N2O/c1-3-16(18-4-2)9-7-11-19-12-13-20-17-10-6-5-8-15(17)14-19/h5-6,8,10,16,18H,3-4,7,9,11-14H2,1-2H3. The highest BCUT2D eigenvalue weighted by atomic mass is 16.5. The molecule has 2 rings (SSSR count). The molecule has 0 radical (unpaired) electrons. The van der Waals surface area contributed by atoms with Crippen LogP contribution in [0.5, 0.6) is 5.75 Å². The maximum Gasteiger partial charge on any atom is 0.123 e. The van der Waals surface area contributed by atoms with Gasteiger partial charge in [0.2, 0.25) is 0 Å². The molecule has 3 heteroatoms. The number of fused-ring (bicyclic) bond motifs is 1. The van der Waals surface area contributed by atoms with E-state index in [-0.39, 0.29) is 0 Å². The summed E-state index contributed by atoms with van der Waals surface area (Å²) in [7, 11) is 0. The van der Waals surface area contributed by atoms with Crippen molar-refractivity contribution in [1.29, 1.82) is 0 Å². The van der Waals surface area contributed by atoms with E-state index in [9.17, 15) is 0 Å². The number of para-hydroxylation sites is 1. The second kappa shape index (κ2) is 8.28. The van der Waals surface area contributed by atoms with Gasteiger partial charge in [-0.15, -0.1) is 0 Å². The molecule has 0 spiro atoms. The van der Waals surface area contributed by atoms with Crippen molar-refractivity contribution in [1.82, 2.24) is 10.2 Å². The van der Waals surface area contributed by atoms with Crippen molar-refractivity contribution in [3.63, 3.8) is 0 Å². The Labute approximate surface area is 123 Å². The third kappa shape index (κ3) is 4.50. The highest BCUT2D eigenvalue weighted by Crippen LogP contribution is 2.22. The normalized spacial score (nSPS) is 17.1. The van der Waals surface area contributed by atoms with Crippen LogP contribution in [0.4, 0.5) is 0 Å². The minimum Gasteiger partial charge on any atom is -0.492 e. The average Bonchev–Trinajstić information content (AvgIpc) is 2.68. The largest absolute Gasteiger partial charge is 0.492 e. The van der Waals surface area contributed by atoms with Crippen LogP contribution < -0.4 is 10.1 Å². The molecule has 0 aliphatic carbocycles. The lowest BCUT2D eigenvalue weighted by Gasteiger charge is -2.21. The van der Waals surface area contributed by atoms with Crippen molar-refractivity contribution in [3.05, 3.63) is 29.8 Å². The molecule has 1 aliphatic rings. The molecule has 0 amide bonds. The number of hydrogen-bond acceptors (Lipinski definition) is 3. The average molecular weight is 276 g/mol. The van der Waals surface area contributed by atoms with Gasteiger partial charge in [0, 0.05) is 24.7 Å². The van der Waals surface area contributed by atoms with E-state index in [1.807, 2.05) is 0 Å². The first-order valence-electron chi connectivity index (χ1n) is 8.00. The van der Waals surface area contributed by atoms with Gasteiger partial charge >= 0.3 is 0 Å². The lowest BCUT2D eigenvalue weighted by molar-refractivity contribution is 0.220. The molecule has 0 aromatic heterocycles. The van der Waals surface area contributed by atoms with Gasteiger partial charge in [-0.25, -0.2) is 0 Å². The van der Waals surface area contributed by atoms with Crippen molar-refractivity contribution < 1.29 is 4.74 Å². The molecule has 1 N–H and O–H groups in total. The van der Waals surface area contributed by atoms with Crippen LogP contribution in [-0.4, -0.2) is 37.2 Å². The van der Waals surface area contributed by atoms with Crippen molar-refractivity contribution >= 4 is 0 Å². The van der Waals surface area contributed by atoms with Crippen molar-refractivity contribution in [2.75, 3.05) is 26.2 Å². The molecule has 0 bridgehead atoms. The number of hydrogen-bond donors (Lipinski definition) is 1. The van der Waals surface area contributed by atoms with Gasteiger partial charge in [0.1, 0.15) is 12.4 Å². The summed E-state index contributed by atoms with van der Waals surface area (Å²) in [6.45, 7) is 9.56. The molecule has 1 heterocycles. The van der Waals surface area contributed by atoms with Gasteiger partial charge in [-0.05, 0) is 38.4 Å². The molecular weight excluding hydrogens is 248 g/mol. The van der Waals surface area contributed by atoms with Crippen molar-refractivity contribution in [3.8, 4) is 5.75 Å². The highest BCUT2D eigenvalue weighted by molar-refractivity contribution is 5.33. The summed E-state index contributed by atoms with van der Waals surface area (Å²) in [6.07, 6.45) is 3.75. The van der Waals surface area contributed by atoms with E-state index in [2.05, 4.69) is 48.3 Å². The van der Waals surface area contributed by atoms with E-state index >= 15 is 0 Å². The quantitative estimate of drug-likeness (QED) is 0.828. The fraction of sp³-hybridized carbons (Fsp3) is 0.647. The Morgan fingerprint density at radius 2 is 2.15 bits per heavy atom. The second-order valence-electron chi connectivity index (χ2n) is 5.54. The monoisotopic (exact) mass is 276 g/mol. The fourth-order valence-corrected chi connectivity index (χ4v) is 2.87. The second-order valence-corrected chi connectivity index (χ2v) is 5.54. The number of nitrogens with one attached hydrogen (secondary N) is 1. The Balaban J connectivity index is 1.79. The maximum absolute atomic E-state index is 5.81. The Morgan fingerprint density at radius 3 is 2.95 bits per heavy atom. The van der Waals surface area contributed by atoms with Crippen molar-refractivity contribution in [2.45, 2.75) is 45.7 Å². The highest BCUT2D eigenvalue weighted by Gasteiger charge is 2.14. The summed E-state index contributed by atoms with van der Waals surface area (Å²) in [5.41, 5.74) is 1.32. The molecule has 112 valence electrons. The molecule has 20 heavy (non-hydrogen) atoms. The summed E-state index contributed by atoms with van der Waals surface area (Å²) < 4.78 is 5.81. The van der Waals surface area contributed by atoms with Gasteiger partial charge in [0.25, 0.3) is 0 Å². The van der Waals surface area contributed by atoms with Crippen LogP contribution in [0, 0.1) is 0 Å². The van der Waals surface area contributed by atoms with Crippen LogP contribution in [0.3, 0.4) is 0 Å². The van der Waals surface area contributed by atoms with Crippen LogP contribution in [-0.2, 0) is 6.54 Å². The summed E-state index contributed by atoms with van der Waals surface area (Å²) in [6, 6.07) is 9.09. The Kier molecular flexibility index (Phi) is 6.34. The molecule has 1 unspecified atom stereocenters. The zero-order valence-corrected chi connectivity index (χ0v) is 12.9. The van der Waals surface area contributed by atoms with Gasteiger partial charge in [0.05, 0.1) is 0 Å². The third-order valence-electron chi connectivity index (χ3n) is 4.04. The van der Waals surface area contributed by atoms with E-state index in [0.717, 1.165) is 32.0 Å². The topological polar surface area (TPSA) is 24.5 Å². The first-order chi connectivity index (χ1) is 9.83. The van der Waals surface area contributed by atoms with E-state index < -0.39 is 0 Å². The fourth-order valence-electron chi connectivity index (χ4n) is 2.87. The third-order valence-corrected chi connectivity index (χ3v) is 4.04. The predicted molar refractivity (Wildman–Crippen MR) is 84.2 cm³/mol. The first kappa shape index (κ1) is 15.3. The molecule has 1 aliphatic heterocycles. The lowest BCUT2D eigenvalue weighted by atomic mass is 10.1. The maximum atomic E-state index is 5.81. The van der Waals surface area contributed by atoms with Crippen LogP contribution in [0.25, 0.3) is 0 Å². The van der Waals surface area contributed by atoms with Gasteiger partial charge in [-0.2, -0.15) is 0 Å². The van der Waals surface area contributed by atoms with E-state index in [4.69, 9.17) is 4.74 Å². The predicted octanol–water partition coefficient (Wildman–Crippen LogP) is 3.05. The summed E-state index contributed by atoms with van der Waals surface area (Å²) in [5, 5.41) is 3.55. The Hall–Kier alpha value is -1.06. The first-order valence-corrected chi connectivity index (χ1v) is 8.00. The van der Waals surface area contributed by atoms with Gasteiger partial charge in [-0.1, -0.05) is 32.0 Å². The molecule has 1 aromatic carbocycles. The van der Waals surface area contributed by atoms with Crippen LogP contribution in [0.15, 0.2) is 24.3 Å². The summed E-state index contributed by atoms with van der Waals surface area (Å²) in [5.74, 6) is 1.06. The molecule has 1 atom stereocenters. The zero-order chi connectivity index (χ0) is 14.2. The molecule has 0 fully saturated rings. The SMILES string of the molecule is CCNC(CC)CCCN1CCOc2ccccc2C1. The van der Waals surface area contributed by atoms with Crippen LogP contribution in [0.1, 0.15) is 38.7 Å². The lowest BCUT2D eigenvalue weighted by Crippen LogP contribution is -2.31. The van der Waals surface area contributed by atoms with E-state index in [1.54, 1.807) is 0 Å². The molecule has 0 saturated carbocycles. The number of nitrogens with zero attached hydrogens (tertiary/aromatic N) is 1. The van der Waals surface area contributed by atoms with Crippen molar-refractivity contribution in [2.24, 2.45) is 0 Å². The number of rotatable bonds is 7. The molecule has 3 nitrogen and oxygen atoms in total. The number of ether oxygens (including phenoxy) is 1. The van der Waals surface area contributed by atoms with Gasteiger partial charge in [-0.3, -0.25) is 4.90 Å². The van der Waals surface area contributed by atoms with Gasteiger partial charge in [0.15, 0.2) is 0 Å². The summed E-state index contributed by atoms with van der Waals surface area (Å²) in [4.78, 5) is 2.52. The van der Waals surface area contributed by atoms with E-state index in [1.165, 1.54) is 31.4 Å². The molecule has 0 saturated heterocycles. The zero-order valence-electron chi connectivity index (χ0n) is 12.9. The van der Waals surface area contributed by atoms with E-state index in [0.29, 0.717) is 6.04 Å². The Bertz CT molecular complexity index is 394. The smallest absolute Gasteiger partial charge is 0.123 e. The minimum absolute atomic E-state index is 0.676. The van der Waals surface area contributed by atoms with Crippen LogP contribution >= 0.6 is 0 Å². The summed E-state index contributed by atoms with van der Waals surface area (Å²) >= 11 is 0.